The molecule has 2 N–H and O–H groups in total. The van der Waals surface area contributed by atoms with Gasteiger partial charge < -0.3 is 10.6 Å². The van der Waals surface area contributed by atoms with Gasteiger partial charge in [-0.3, -0.25) is 9.59 Å². The van der Waals surface area contributed by atoms with Crippen LogP contribution in [0.15, 0.2) is 30.5 Å². The van der Waals surface area contributed by atoms with Crippen molar-refractivity contribution in [1.29, 1.82) is 0 Å². The molecule has 1 fully saturated rings. The van der Waals surface area contributed by atoms with Crippen LogP contribution in [0.5, 0.6) is 0 Å². The summed E-state index contributed by atoms with van der Waals surface area (Å²) in [5.41, 5.74) is 3.39. The Balaban J connectivity index is 1.93. The van der Waals surface area contributed by atoms with E-state index in [1.54, 1.807) is 0 Å². The third-order valence-electron chi connectivity index (χ3n) is 4.52. The van der Waals surface area contributed by atoms with Crippen LogP contribution in [0.25, 0.3) is 5.69 Å². The Morgan fingerprint density at radius 3 is 2.22 bits per heavy atom. The van der Waals surface area contributed by atoms with Gasteiger partial charge in [-0.1, -0.05) is 0 Å². The molecule has 0 radical (unpaired) electrons. The maximum Gasteiger partial charge on any atom is 0.434 e. The Kier molecular flexibility index (Phi) is 4.90. The molecule has 1 aromatic carbocycles. The molecule has 0 saturated carbocycles. The van der Waals surface area contributed by atoms with Gasteiger partial charge in [-0.15, -0.1) is 0 Å². The molecule has 1 aliphatic rings. The topological polar surface area (TPSA) is 81.2 Å². The van der Waals surface area contributed by atoms with Crippen LogP contribution in [0.2, 0.25) is 0 Å². The van der Waals surface area contributed by atoms with Crippen molar-refractivity contribution in [3.05, 3.63) is 47.5 Å². The predicted molar refractivity (Wildman–Crippen MR) is 86.3 cm³/mol. The van der Waals surface area contributed by atoms with Gasteiger partial charge in [0.25, 0.3) is 5.91 Å². The number of primary amides is 1. The second-order valence-electron chi connectivity index (χ2n) is 6.26. The highest BCUT2D eigenvalue weighted by molar-refractivity contribution is 5.95. The number of aromatic nitrogens is 2. The minimum absolute atomic E-state index is 0.0183. The highest BCUT2D eigenvalue weighted by Gasteiger charge is 2.42. The van der Waals surface area contributed by atoms with E-state index in [2.05, 4.69) is 5.10 Å². The molecule has 27 heavy (non-hydrogen) atoms. The summed E-state index contributed by atoms with van der Waals surface area (Å²) in [6.45, 7) is 0.261. The van der Waals surface area contributed by atoms with E-state index >= 15 is 0 Å². The van der Waals surface area contributed by atoms with Crippen LogP contribution in [0.4, 0.5) is 17.6 Å². The average Bonchev–Trinajstić information content (AvgIpc) is 3.07. The fourth-order valence-corrected chi connectivity index (χ4v) is 3.09. The number of benzene rings is 1. The van der Waals surface area contributed by atoms with Crippen molar-refractivity contribution in [3.8, 4) is 5.69 Å². The molecule has 1 saturated heterocycles. The van der Waals surface area contributed by atoms with E-state index in [1.165, 1.54) is 4.90 Å². The Morgan fingerprint density at radius 2 is 1.70 bits per heavy atom. The first kappa shape index (κ1) is 18.9. The van der Waals surface area contributed by atoms with Gasteiger partial charge >= 0.3 is 6.18 Å². The number of alkyl halides is 3. The van der Waals surface area contributed by atoms with E-state index in [9.17, 15) is 27.2 Å². The molecule has 0 bridgehead atoms. The lowest BCUT2D eigenvalue weighted by molar-refractivity contribution is -0.143. The Morgan fingerprint density at radius 1 is 1.11 bits per heavy atom. The summed E-state index contributed by atoms with van der Waals surface area (Å²) in [6.07, 6.45) is -3.39. The van der Waals surface area contributed by atoms with E-state index in [0.29, 0.717) is 17.5 Å². The maximum atomic E-state index is 13.6. The van der Waals surface area contributed by atoms with Crippen LogP contribution in [-0.2, 0) is 11.0 Å². The first-order valence-corrected chi connectivity index (χ1v) is 8.18. The zero-order chi connectivity index (χ0) is 19.8. The summed E-state index contributed by atoms with van der Waals surface area (Å²) >= 11 is 0. The van der Waals surface area contributed by atoms with Crippen molar-refractivity contribution in [2.24, 2.45) is 11.7 Å². The molecule has 0 spiro atoms. The number of likely N-dealkylation sites (tertiary alicyclic amines) is 1. The summed E-state index contributed by atoms with van der Waals surface area (Å²) < 4.78 is 54.5. The number of carbonyl (C=O) groups excluding carboxylic acids is 2. The molecule has 0 aliphatic carbocycles. The highest BCUT2D eigenvalue weighted by atomic mass is 19.4. The molecule has 144 valence electrons. The van der Waals surface area contributed by atoms with Crippen molar-refractivity contribution < 1.29 is 27.2 Å². The molecule has 2 amide bonds. The molecule has 0 atom stereocenters. The van der Waals surface area contributed by atoms with Gasteiger partial charge in [0.2, 0.25) is 5.91 Å². The molecule has 2 heterocycles. The number of halogens is 4. The SMILES string of the molecule is NC(=O)C1CCN(C(=O)c2cnn(-c3ccc(F)cc3)c2C(F)(F)F)CC1. The van der Waals surface area contributed by atoms with E-state index in [-0.39, 0.29) is 18.8 Å². The summed E-state index contributed by atoms with van der Waals surface area (Å²) in [5.74, 6) is -2.30. The molecule has 3 rings (SSSR count). The quantitative estimate of drug-likeness (QED) is 0.825. The fourth-order valence-electron chi connectivity index (χ4n) is 3.09. The van der Waals surface area contributed by atoms with Crippen LogP contribution < -0.4 is 5.73 Å². The van der Waals surface area contributed by atoms with E-state index < -0.39 is 41.0 Å². The van der Waals surface area contributed by atoms with Gasteiger partial charge in [-0.2, -0.15) is 18.3 Å². The maximum absolute atomic E-state index is 13.6. The van der Waals surface area contributed by atoms with E-state index in [0.717, 1.165) is 30.5 Å². The number of piperidine rings is 1. The third-order valence-corrected chi connectivity index (χ3v) is 4.52. The van der Waals surface area contributed by atoms with Crippen molar-refractivity contribution in [2.75, 3.05) is 13.1 Å². The number of hydrogen-bond acceptors (Lipinski definition) is 3. The molecule has 0 unspecified atom stereocenters. The largest absolute Gasteiger partial charge is 0.434 e. The number of nitrogens with two attached hydrogens (primary N) is 1. The summed E-state index contributed by atoms with van der Waals surface area (Å²) in [4.78, 5) is 25.1. The lowest BCUT2D eigenvalue weighted by Crippen LogP contribution is -2.42. The molecule has 10 heteroatoms. The van der Waals surface area contributed by atoms with Crippen molar-refractivity contribution in [2.45, 2.75) is 19.0 Å². The summed E-state index contributed by atoms with van der Waals surface area (Å²) in [6, 6.07) is 4.30. The minimum Gasteiger partial charge on any atom is -0.369 e. The standard InChI is InChI=1S/C17H16F4N4O2/c18-11-1-3-12(4-2-11)25-14(17(19,20)21)13(9-23-25)16(27)24-7-5-10(6-8-24)15(22)26/h1-4,9-10H,5-8H2,(H2,22,26). The van der Waals surface area contributed by atoms with E-state index in [1.807, 2.05) is 0 Å². The molecular formula is C17H16F4N4O2. The van der Waals surface area contributed by atoms with Crippen molar-refractivity contribution in [3.63, 3.8) is 0 Å². The molecule has 1 aromatic heterocycles. The third kappa shape index (κ3) is 3.79. The number of amides is 2. The Hall–Kier alpha value is -2.91. The van der Waals surface area contributed by atoms with Crippen LogP contribution in [-0.4, -0.2) is 39.6 Å². The van der Waals surface area contributed by atoms with Gasteiger partial charge in [0.15, 0.2) is 5.69 Å². The smallest absolute Gasteiger partial charge is 0.369 e. The molecular weight excluding hydrogens is 368 g/mol. The van der Waals surface area contributed by atoms with Crippen LogP contribution in [0, 0.1) is 11.7 Å². The second kappa shape index (κ2) is 7.01. The van der Waals surface area contributed by atoms with Crippen LogP contribution in [0.1, 0.15) is 28.9 Å². The van der Waals surface area contributed by atoms with Gasteiger partial charge in [0, 0.05) is 19.0 Å². The lowest BCUT2D eigenvalue weighted by atomic mass is 9.96. The second-order valence-corrected chi connectivity index (χ2v) is 6.26. The molecule has 1 aliphatic heterocycles. The zero-order valence-corrected chi connectivity index (χ0v) is 14.0. The van der Waals surface area contributed by atoms with Gasteiger partial charge in [-0.05, 0) is 37.1 Å². The fraction of sp³-hybridized carbons (Fsp3) is 0.353. The number of hydrogen-bond donors (Lipinski definition) is 1. The Bertz CT molecular complexity index is 853. The monoisotopic (exact) mass is 384 g/mol. The highest BCUT2D eigenvalue weighted by Crippen LogP contribution is 2.34. The number of carbonyl (C=O) groups is 2. The first-order valence-electron chi connectivity index (χ1n) is 8.18. The van der Waals surface area contributed by atoms with Gasteiger partial charge in [0.05, 0.1) is 17.4 Å². The summed E-state index contributed by atoms with van der Waals surface area (Å²) in [7, 11) is 0. The van der Waals surface area contributed by atoms with Gasteiger partial charge in [-0.25, -0.2) is 9.07 Å². The number of rotatable bonds is 3. The first-order chi connectivity index (χ1) is 12.7. The normalized spacial score (nSPS) is 15.8. The molecule has 2 aromatic rings. The van der Waals surface area contributed by atoms with Crippen LogP contribution in [0.3, 0.4) is 0 Å². The van der Waals surface area contributed by atoms with Crippen molar-refractivity contribution >= 4 is 11.8 Å². The lowest BCUT2D eigenvalue weighted by Gasteiger charge is -2.30. The minimum atomic E-state index is -4.85. The predicted octanol–water partition coefficient (Wildman–Crippen LogP) is 2.37. The molecule has 6 nitrogen and oxygen atoms in total. The van der Waals surface area contributed by atoms with Gasteiger partial charge in [0.1, 0.15) is 5.82 Å². The Labute approximate surface area is 151 Å². The average molecular weight is 384 g/mol. The van der Waals surface area contributed by atoms with Crippen molar-refractivity contribution in [1.82, 2.24) is 14.7 Å². The van der Waals surface area contributed by atoms with E-state index in [4.69, 9.17) is 5.73 Å². The summed E-state index contributed by atoms with van der Waals surface area (Å²) in [5, 5.41) is 3.69. The van der Waals surface area contributed by atoms with Crippen LogP contribution >= 0.6 is 0 Å². The zero-order valence-electron chi connectivity index (χ0n) is 14.0. The number of nitrogens with zero attached hydrogens (tertiary/aromatic N) is 3.